The van der Waals surface area contributed by atoms with Crippen LogP contribution in [-0.2, 0) is 32.4 Å². The molecule has 0 spiro atoms. The molecular weight excluding hydrogens is 514 g/mol. The molecule has 37 heavy (non-hydrogen) atoms. The van der Waals surface area contributed by atoms with E-state index in [0.717, 1.165) is 24.1 Å². The van der Waals surface area contributed by atoms with E-state index in [0.29, 0.717) is 41.9 Å². The van der Waals surface area contributed by atoms with Crippen molar-refractivity contribution in [2.24, 2.45) is 5.92 Å². The summed E-state index contributed by atoms with van der Waals surface area (Å²) >= 11 is 6.22. The third-order valence-electron chi connectivity index (χ3n) is 6.60. The van der Waals surface area contributed by atoms with Crippen molar-refractivity contribution in [1.29, 1.82) is 0 Å². The van der Waals surface area contributed by atoms with Gasteiger partial charge in [0.25, 0.3) is 5.91 Å². The zero-order valence-electron chi connectivity index (χ0n) is 21.1. The van der Waals surface area contributed by atoms with Gasteiger partial charge in [-0.1, -0.05) is 50.6 Å². The van der Waals surface area contributed by atoms with Crippen molar-refractivity contribution in [1.82, 2.24) is 9.29 Å². The van der Waals surface area contributed by atoms with Gasteiger partial charge in [0.1, 0.15) is 0 Å². The molecule has 8 nitrogen and oxygen atoms in total. The van der Waals surface area contributed by atoms with Gasteiger partial charge in [0.05, 0.1) is 26.7 Å². The van der Waals surface area contributed by atoms with Gasteiger partial charge >= 0.3 is 5.97 Å². The summed E-state index contributed by atoms with van der Waals surface area (Å²) in [7, 11) is -3.74. The van der Waals surface area contributed by atoms with E-state index in [1.165, 1.54) is 22.5 Å². The SMILES string of the molecule is CCN(CC)S(=O)(=O)c1ccc(Cl)c(NC(=O)COC(=O)c2c3c(nc4ccccc24)CC[C@@H](C)C3)c1. The van der Waals surface area contributed by atoms with E-state index in [4.69, 9.17) is 21.3 Å². The molecule has 0 unspecified atom stereocenters. The van der Waals surface area contributed by atoms with Gasteiger partial charge in [-0.2, -0.15) is 4.31 Å². The summed E-state index contributed by atoms with van der Waals surface area (Å²) in [5.74, 6) is -0.816. The molecule has 1 heterocycles. The number of halogens is 1. The fraction of sp³-hybridized carbons (Fsp3) is 0.370. The number of ether oxygens (including phenoxy) is 1. The maximum absolute atomic E-state index is 13.2. The first-order valence-corrected chi connectivity index (χ1v) is 14.1. The Kier molecular flexibility index (Phi) is 8.16. The first-order valence-electron chi connectivity index (χ1n) is 12.3. The van der Waals surface area contributed by atoms with Crippen LogP contribution < -0.4 is 5.32 Å². The Labute approximate surface area is 222 Å². The summed E-state index contributed by atoms with van der Waals surface area (Å²) in [6, 6.07) is 11.5. The minimum absolute atomic E-state index is 0.0110. The Morgan fingerprint density at radius 3 is 2.62 bits per heavy atom. The summed E-state index contributed by atoms with van der Waals surface area (Å²) in [5.41, 5.74) is 3.05. The lowest BCUT2D eigenvalue weighted by atomic mass is 9.84. The number of hydrogen-bond donors (Lipinski definition) is 1. The molecule has 1 aliphatic carbocycles. The first kappa shape index (κ1) is 27.0. The van der Waals surface area contributed by atoms with Crippen LogP contribution in [0.4, 0.5) is 5.69 Å². The lowest BCUT2D eigenvalue weighted by Gasteiger charge is -2.24. The number of carbonyl (C=O) groups is 2. The average molecular weight is 544 g/mol. The van der Waals surface area contributed by atoms with E-state index < -0.39 is 28.5 Å². The quantitative estimate of drug-likeness (QED) is 0.408. The Hall–Kier alpha value is -3.01. The second-order valence-electron chi connectivity index (χ2n) is 9.13. The number of fused-ring (bicyclic) bond motifs is 2. The van der Waals surface area contributed by atoms with Crippen LogP contribution in [0.1, 0.15) is 48.8 Å². The van der Waals surface area contributed by atoms with Crippen molar-refractivity contribution < 1.29 is 22.7 Å². The van der Waals surface area contributed by atoms with Crippen molar-refractivity contribution in [2.75, 3.05) is 25.0 Å². The molecule has 0 radical (unpaired) electrons. The number of amides is 1. The Bertz CT molecular complexity index is 1450. The van der Waals surface area contributed by atoms with Crippen LogP contribution in [0, 0.1) is 5.92 Å². The topological polar surface area (TPSA) is 106 Å². The highest BCUT2D eigenvalue weighted by Gasteiger charge is 2.27. The van der Waals surface area contributed by atoms with Gasteiger partial charge in [-0.05, 0) is 55.0 Å². The monoisotopic (exact) mass is 543 g/mol. The molecule has 0 saturated carbocycles. The third kappa shape index (κ3) is 5.63. The van der Waals surface area contributed by atoms with E-state index in [2.05, 4.69) is 12.2 Å². The van der Waals surface area contributed by atoms with Gasteiger partial charge in [0.2, 0.25) is 10.0 Å². The van der Waals surface area contributed by atoms with E-state index >= 15 is 0 Å². The Morgan fingerprint density at radius 2 is 1.89 bits per heavy atom. The minimum atomic E-state index is -3.74. The molecule has 1 amide bonds. The molecule has 1 atom stereocenters. The highest BCUT2D eigenvalue weighted by Crippen LogP contribution is 2.32. The molecule has 196 valence electrons. The molecule has 4 rings (SSSR count). The lowest BCUT2D eigenvalue weighted by Crippen LogP contribution is -2.30. The Morgan fingerprint density at radius 1 is 1.16 bits per heavy atom. The first-order chi connectivity index (χ1) is 17.6. The van der Waals surface area contributed by atoms with E-state index in [-0.39, 0.29) is 15.6 Å². The summed E-state index contributed by atoms with van der Waals surface area (Å²) in [6.45, 7) is 5.70. The number of aromatic nitrogens is 1. The molecule has 3 aromatic rings. The fourth-order valence-corrected chi connectivity index (χ4v) is 6.31. The van der Waals surface area contributed by atoms with Crippen LogP contribution in [0.2, 0.25) is 5.02 Å². The van der Waals surface area contributed by atoms with E-state index in [9.17, 15) is 18.0 Å². The summed E-state index contributed by atoms with van der Waals surface area (Å²) < 4.78 is 32.5. The predicted molar refractivity (Wildman–Crippen MR) is 143 cm³/mol. The number of pyridine rings is 1. The van der Waals surface area contributed by atoms with Crippen LogP contribution in [0.25, 0.3) is 10.9 Å². The number of esters is 1. The second-order valence-corrected chi connectivity index (χ2v) is 11.5. The normalized spacial score (nSPS) is 15.4. The molecule has 0 saturated heterocycles. The molecule has 0 fully saturated rings. The van der Waals surface area contributed by atoms with Gasteiger partial charge < -0.3 is 10.1 Å². The van der Waals surface area contributed by atoms with Gasteiger partial charge in [0, 0.05) is 24.2 Å². The fourth-order valence-electron chi connectivity index (χ4n) is 4.66. The second kappa shape index (κ2) is 11.2. The Balaban J connectivity index is 1.53. The van der Waals surface area contributed by atoms with Crippen molar-refractivity contribution in [3.05, 3.63) is 64.3 Å². The van der Waals surface area contributed by atoms with Gasteiger partial charge in [-0.25, -0.2) is 13.2 Å². The molecule has 0 aliphatic heterocycles. The number of nitrogens with zero attached hydrogens (tertiary/aromatic N) is 2. The number of nitrogens with one attached hydrogen (secondary N) is 1. The largest absolute Gasteiger partial charge is 0.452 e. The number of benzene rings is 2. The highest BCUT2D eigenvalue weighted by atomic mass is 35.5. The smallest absolute Gasteiger partial charge is 0.339 e. The van der Waals surface area contributed by atoms with Crippen molar-refractivity contribution in [3.63, 3.8) is 0 Å². The number of para-hydroxylation sites is 1. The van der Waals surface area contributed by atoms with Crippen molar-refractivity contribution >= 4 is 50.1 Å². The molecular formula is C27H30ClN3O5S. The minimum Gasteiger partial charge on any atom is -0.452 e. The molecule has 0 bridgehead atoms. The zero-order chi connectivity index (χ0) is 26.7. The van der Waals surface area contributed by atoms with Crippen LogP contribution >= 0.6 is 11.6 Å². The number of hydrogen-bond acceptors (Lipinski definition) is 6. The highest BCUT2D eigenvalue weighted by molar-refractivity contribution is 7.89. The average Bonchev–Trinajstić information content (AvgIpc) is 2.87. The summed E-state index contributed by atoms with van der Waals surface area (Å²) in [6.07, 6.45) is 2.50. The summed E-state index contributed by atoms with van der Waals surface area (Å²) in [4.78, 5) is 30.7. The zero-order valence-corrected chi connectivity index (χ0v) is 22.7. The number of sulfonamides is 1. The van der Waals surface area contributed by atoms with Crippen LogP contribution in [0.5, 0.6) is 0 Å². The van der Waals surface area contributed by atoms with Crippen LogP contribution in [0.3, 0.4) is 0 Å². The summed E-state index contributed by atoms with van der Waals surface area (Å²) in [5, 5.41) is 3.43. The van der Waals surface area contributed by atoms with E-state index in [1.54, 1.807) is 13.8 Å². The predicted octanol–water partition coefficient (Wildman–Crippen LogP) is 4.84. The van der Waals surface area contributed by atoms with Gasteiger partial charge in [-0.3, -0.25) is 9.78 Å². The van der Waals surface area contributed by atoms with E-state index in [1.807, 2.05) is 24.3 Å². The standard InChI is InChI=1S/C27H30ClN3O5S/c1-4-31(5-2)37(34,35)18-11-12-21(28)24(15-18)30-25(32)16-36-27(33)26-19-8-6-7-9-22(19)29-23-13-10-17(3)14-20(23)26/h6-9,11-12,15,17H,4-5,10,13-14,16H2,1-3H3,(H,30,32)/t17-/m1/s1. The number of aryl methyl sites for hydroxylation is 1. The number of carbonyl (C=O) groups excluding carboxylic acids is 2. The molecule has 1 N–H and O–H groups in total. The number of rotatable bonds is 8. The van der Waals surface area contributed by atoms with Crippen molar-refractivity contribution in [3.8, 4) is 0 Å². The molecule has 1 aromatic heterocycles. The number of anilines is 1. The maximum Gasteiger partial charge on any atom is 0.339 e. The van der Waals surface area contributed by atoms with Crippen molar-refractivity contribution in [2.45, 2.75) is 44.9 Å². The molecule has 2 aromatic carbocycles. The maximum atomic E-state index is 13.2. The molecule has 1 aliphatic rings. The van der Waals surface area contributed by atoms with Gasteiger partial charge in [-0.15, -0.1) is 0 Å². The van der Waals surface area contributed by atoms with Crippen LogP contribution in [-0.4, -0.2) is 49.3 Å². The lowest BCUT2D eigenvalue weighted by molar-refractivity contribution is -0.119. The van der Waals surface area contributed by atoms with Crippen LogP contribution in [0.15, 0.2) is 47.4 Å². The molecule has 10 heteroatoms. The van der Waals surface area contributed by atoms with Gasteiger partial charge in [0.15, 0.2) is 6.61 Å². The third-order valence-corrected chi connectivity index (χ3v) is 8.97.